The number of aromatic amines is 1. The van der Waals surface area contributed by atoms with Crippen LogP contribution in [-0.2, 0) is 4.79 Å². The predicted octanol–water partition coefficient (Wildman–Crippen LogP) is 3.96. The summed E-state index contributed by atoms with van der Waals surface area (Å²) in [5.74, 6) is 0.949. The van der Waals surface area contributed by atoms with Crippen molar-refractivity contribution in [2.75, 3.05) is 24.5 Å². The molecular formula is C25H31ClN6O. The molecule has 8 heteroatoms. The number of halogens is 1. The van der Waals surface area contributed by atoms with Crippen molar-refractivity contribution in [3.8, 4) is 0 Å². The van der Waals surface area contributed by atoms with Gasteiger partial charge in [0.1, 0.15) is 17.8 Å². The monoisotopic (exact) mass is 466 g/mol. The number of piperazine rings is 1. The number of carbonyl (C=O) groups excluding carboxylic acids is 1. The lowest BCUT2D eigenvalue weighted by molar-refractivity contribution is -0.140. The summed E-state index contributed by atoms with van der Waals surface area (Å²) in [6.07, 6.45) is 6.72. The molecular weight excluding hydrogens is 436 g/mol. The standard InChI is InChI=1S/C25H31ClN6O/c1-16(2)28-12-22(17-6-8-18(26)9-7-17)25(33)32-19-4-3-5-20(32)14-31(13-19)24-21-10-11-27-23(21)29-15-30-24/h6-11,15-16,19-20,22,28H,3-5,12-14H2,1-2H3,(H,27,29,30)/t19?,20?,22-/m1/s1. The first-order valence-corrected chi connectivity index (χ1v) is 12.2. The smallest absolute Gasteiger partial charge is 0.232 e. The van der Waals surface area contributed by atoms with E-state index in [1.807, 2.05) is 36.5 Å². The van der Waals surface area contributed by atoms with Crippen molar-refractivity contribution < 1.29 is 4.79 Å². The number of rotatable bonds is 6. The fourth-order valence-electron chi connectivity index (χ4n) is 5.33. The van der Waals surface area contributed by atoms with Crippen LogP contribution in [0.2, 0.25) is 5.02 Å². The van der Waals surface area contributed by atoms with Crippen molar-refractivity contribution in [2.24, 2.45) is 0 Å². The average molecular weight is 467 g/mol. The maximum Gasteiger partial charge on any atom is 0.232 e. The molecule has 0 spiro atoms. The number of piperidine rings is 1. The van der Waals surface area contributed by atoms with Crippen molar-refractivity contribution in [3.05, 3.63) is 53.4 Å². The number of hydrogen-bond donors (Lipinski definition) is 2. The lowest BCUT2D eigenvalue weighted by atomic mass is 9.87. The third kappa shape index (κ3) is 4.44. The van der Waals surface area contributed by atoms with Crippen LogP contribution in [0, 0.1) is 0 Å². The summed E-state index contributed by atoms with van der Waals surface area (Å²) in [7, 11) is 0. The van der Waals surface area contributed by atoms with Crippen molar-refractivity contribution in [1.82, 2.24) is 25.2 Å². The molecule has 2 aliphatic rings. The van der Waals surface area contributed by atoms with Crippen LogP contribution in [0.15, 0.2) is 42.9 Å². The Morgan fingerprint density at radius 1 is 1.15 bits per heavy atom. The number of fused-ring (bicyclic) bond motifs is 3. The molecule has 0 radical (unpaired) electrons. The molecule has 3 aromatic rings. The highest BCUT2D eigenvalue weighted by Gasteiger charge is 2.43. The molecule has 0 aliphatic carbocycles. The predicted molar refractivity (Wildman–Crippen MR) is 132 cm³/mol. The highest BCUT2D eigenvalue weighted by Crippen LogP contribution is 2.35. The van der Waals surface area contributed by atoms with E-state index in [-0.39, 0.29) is 23.9 Å². The first kappa shape index (κ1) is 22.2. The van der Waals surface area contributed by atoms with Crippen LogP contribution in [0.25, 0.3) is 11.0 Å². The molecule has 174 valence electrons. The molecule has 33 heavy (non-hydrogen) atoms. The van der Waals surface area contributed by atoms with Crippen LogP contribution >= 0.6 is 11.6 Å². The van der Waals surface area contributed by atoms with Crippen LogP contribution in [0.4, 0.5) is 5.82 Å². The number of nitrogens with one attached hydrogen (secondary N) is 2. The number of hydrogen-bond acceptors (Lipinski definition) is 5. The van der Waals surface area contributed by atoms with Gasteiger partial charge >= 0.3 is 0 Å². The fourth-order valence-corrected chi connectivity index (χ4v) is 5.45. The van der Waals surface area contributed by atoms with Crippen LogP contribution < -0.4 is 10.2 Å². The number of nitrogens with zero attached hydrogens (tertiary/aromatic N) is 4. The summed E-state index contributed by atoms with van der Waals surface area (Å²) in [6, 6.07) is 10.4. The zero-order valence-corrected chi connectivity index (χ0v) is 19.9. The maximum atomic E-state index is 14.0. The number of benzene rings is 1. The highest BCUT2D eigenvalue weighted by atomic mass is 35.5. The molecule has 2 saturated heterocycles. The molecule has 3 atom stereocenters. The normalized spacial score (nSPS) is 21.6. The van der Waals surface area contributed by atoms with Gasteiger partial charge in [0.15, 0.2) is 0 Å². The molecule has 2 aromatic heterocycles. The number of anilines is 1. The van der Waals surface area contributed by atoms with E-state index in [0.29, 0.717) is 17.6 Å². The molecule has 5 rings (SSSR count). The molecule has 2 aliphatic heterocycles. The van der Waals surface area contributed by atoms with Gasteiger partial charge in [-0.3, -0.25) is 4.79 Å². The lowest BCUT2D eigenvalue weighted by Crippen LogP contribution is -2.64. The Morgan fingerprint density at radius 2 is 1.88 bits per heavy atom. The number of amides is 1. The summed E-state index contributed by atoms with van der Waals surface area (Å²) in [6.45, 7) is 6.43. The molecule has 0 saturated carbocycles. The third-order valence-corrected chi connectivity index (χ3v) is 7.16. The quantitative estimate of drug-likeness (QED) is 0.575. The molecule has 2 unspecified atom stereocenters. The Balaban J connectivity index is 1.41. The second-order valence-corrected chi connectivity index (χ2v) is 9.93. The average Bonchev–Trinajstić information content (AvgIpc) is 3.28. The van der Waals surface area contributed by atoms with E-state index in [2.05, 4.69) is 43.9 Å². The molecule has 4 heterocycles. The maximum absolute atomic E-state index is 14.0. The first-order valence-electron chi connectivity index (χ1n) is 11.9. The Hall–Kier alpha value is -2.64. The van der Waals surface area contributed by atoms with Gasteiger partial charge in [0.2, 0.25) is 5.91 Å². The molecule has 1 amide bonds. The van der Waals surface area contributed by atoms with Crippen molar-refractivity contribution in [3.63, 3.8) is 0 Å². The van der Waals surface area contributed by atoms with E-state index in [1.165, 1.54) is 0 Å². The molecule has 2 fully saturated rings. The number of aromatic nitrogens is 3. The fraction of sp³-hybridized carbons (Fsp3) is 0.480. The third-order valence-electron chi connectivity index (χ3n) is 6.91. The zero-order chi connectivity index (χ0) is 22.9. The van der Waals surface area contributed by atoms with Crippen LogP contribution in [0.5, 0.6) is 0 Å². The SMILES string of the molecule is CC(C)NC[C@@H](C(=O)N1C2CCCC1CN(c1ncnc3[nH]ccc13)C2)c1ccc(Cl)cc1. The van der Waals surface area contributed by atoms with Crippen molar-refractivity contribution >= 4 is 34.4 Å². The van der Waals surface area contributed by atoms with E-state index in [1.54, 1.807) is 6.33 Å². The summed E-state index contributed by atoms with van der Waals surface area (Å²) < 4.78 is 0. The Morgan fingerprint density at radius 3 is 2.58 bits per heavy atom. The Kier molecular flexibility index (Phi) is 6.25. The minimum absolute atomic E-state index is 0.183. The minimum atomic E-state index is -0.227. The summed E-state index contributed by atoms with van der Waals surface area (Å²) >= 11 is 6.13. The van der Waals surface area contributed by atoms with Gasteiger partial charge in [-0.25, -0.2) is 9.97 Å². The largest absolute Gasteiger partial charge is 0.352 e. The van der Waals surface area contributed by atoms with E-state index in [0.717, 1.165) is 54.8 Å². The van der Waals surface area contributed by atoms with Gasteiger partial charge < -0.3 is 20.1 Å². The second kappa shape index (κ2) is 9.31. The van der Waals surface area contributed by atoms with Gasteiger partial charge in [-0.1, -0.05) is 37.6 Å². The van der Waals surface area contributed by atoms with Gasteiger partial charge in [-0.05, 0) is 43.0 Å². The van der Waals surface area contributed by atoms with Crippen LogP contribution in [0.1, 0.15) is 44.6 Å². The van der Waals surface area contributed by atoms with Crippen molar-refractivity contribution in [1.29, 1.82) is 0 Å². The zero-order valence-electron chi connectivity index (χ0n) is 19.2. The van der Waals surface area contributed by atoms with Gasteiger partial charge in [0, 0.05) is 49.0 Å². The second-order valence-electron chi connectivity index (χ2n) is 9.49. The van der Waals surface area contributed by atoms with Gasteiger partial charge in [0.25, 0.3) is 0 Å². The van der Waals surface area contributed by atoms with E-state index >= 15 is 0 Å². The van der Waals surface area contributed by atoms with Gasteiger partial charge in [-0.15, -0.1) is 0 Å². The van der Waals surface area contributed by atoms with Crippen LogP contribution in [-0.4, -0.2) is 63.5 Å². The van der Waals surface area contributed by atoms with Crippen molar-refractivity contribution in [2.45, 2.75) is 57.2 Å². The lowest BCUT2D eigenvalue weighted by Gasteiger charge is -2.51. The molecule has 2 N–H and O–H groups in total. The topological polar surface area (TPSA) is 77.2 Å². The van der Waals surface area contributed by atoms with Crippen LogP contribution in [0.3, 0.4) is 0 Å². The minimum Gasteiger partial charge on any atom is -0.352 e. The van der Waals surface area contributed by atoms with Gasteiger partial charge in [-0.2, -0.15) is 0 Å². The number of carbonyl (C=O) groups is 1. The van der Waals surface area contributed by atoms with E-state index < -0.39 is 0 Å². The highest BCUT2D eigenvalue weighted by molar-refractivity contribution is 6.30. The molecule has 1 aromatic carbocycles. The molecule has 7 nitrogen and oxygen atoms in total. The molecule has 2 bridgehead atoms. The van der Waals surface area contributed by atoms with Gasteiger partial charge in [0.05, 0.1) is 11.3 Å². The summed E-state index contributed by atoms with van der Waals surface area (Å²) in [4.78, 5) is 30.7. The number of H-pyrrole nitrogens is 1. The van der Waals surface area contributed by atoms with E-state index in [9.17, 15) is 4.79 Å². The summed E-state index contributed by atoms with van der Waals surface area (Å²) in [5.41, 5.74) is 1.87. The Labute approximate surface area is 199 Å². The summed E-state index contributed by atoms with van der Waals surface area (Å²) in [5, 5.41) is 5.21. The Bertz CT molecular complexity index is 1100. The first-order chi connectivity index (χ1) is 16.0. The van der Waals surface area contributed by atoms with E-state index in [4.69, 9.17) is 11.6 Å².